The van der Waals surface area contributed by atoms with Crippen molar-refractivity contribution in [2.45, 2.75) is 33.3 Å². The van der Waals surface area contributed by atoms with Gasteiger partial charge in [0.2, 0.25) is 0 Å². The lowest BCUT2D eigenvalue weighted by Crippen LogP contribution is -2.23. The summed E-state index contributed by atoms with van der Waals surface area (Å²) in [5, 5.41) is 2.20. The van der Waals surface area contributed by atoms with E-state index in [0.29, 0.717) is 12.2 Å². The molecule has 106 valence electrons. The molecule has 0 fully saturated rings. The van der Waals surface area contributed by atoms with Crippen molar-refractivity contribution < 1.29 is 14.3 Å². The number of ether oxygens (including phenoxy) is 1. The molecule has 0 spiro atoms. The highest BCUT2D eigenvalue weighted by Crippen LogP contribution is 2.14. The highest BCUT2D eigenvalue weighted by Gasteiger charge is 2.20. The molecule has 4 heteroatoms. The highest BCUT2D eigenvalue weighted by molar-refractivity contribution is 6.16. The number of imide groups is 1. The van der Waals surface area contributed by atoms with Crippen LogP contribution in [0, 0.1) is 0 Å². The Kier molecular flexibility index (Phi) is 4.69. The van der Waals surface area contributed by atoms with Crippen molar-refractivity contribution in [2.24, 2.45) is 0 Å². The molecule has 0 unspecified atom stereocenters. The van der Waals surface area contributed by atoms with Crippen LogP contribution >= 0.6 is 0 Å². The summed E-state index contributed by atoms with van der Waals surface area (Å²) < 4.78 is 5.54. The minimum absolute atomic E-state index is 0.162. The van der Waals surface area contributed by atoms with Gasteiger partial charge in [0, 0.05) is 11.6 Å². The van der Waals surface area contributed by atoms with E-state index in [2.05, 4.69) is 37.4 Å². The standard InChI is InChI=1S/C16H19NO3/c1-3-11-5-12(4-2)7-13(6-11)9-20-10-14-8-15(18)17-16(14)19/h5-8H,3-4,9-10H2,1-2H3,(H,17,18,19). The zero-order chi connectivity index (χ0) is 14.5. The number of nitrogens with one attached hydrogen (secondary N) is 1. The maximum Gasteiger partial charge on any atom is 0.256 e. The Labute approximate surface area is 118 Å². The molecule has 0 aliphatic carbocycles. The molecule has 1 aromatic carbocycles. The predicted octanol–water partition coefficient (Wildman–Crippen LogP) is 1.91. The molecule has 20 heavy (non-hydrogen) atoms. The molecule has 2 rings (SSSR count). The Morgan fingerprint density at radius 2 is 1.55 bits per heavy atom. The van der Waals surface area contributed by atoms with E-state index in [1.54, 1.807) is 0 Å². The number of benzene rings is 1. The summed E-state index contributed by atoms with van der Waals surface area (Å²) in [7, 11) is 0. The monoisotopic (exact) mass is 273 g/mol. The van der Waals surface area contributed by atoms with Gasteiger partial charge in [-0.1, -0.05) is 32.0 Å². The minimum atomic E-state index is -0.366. The molecular formula is C16H19NO3. The van der Waals surface area contributed by atoms with Crippen molar-refractivity contribution in [2.75, 3.05) is 6.61 Å². The van der Waals surface area contributed by atoms with Gasteiger partial charge in [-0.2, -0.15) is 0 Å². The number of rotatable bonds is 6. The third kappa shape index (κ3) is 3.54. The second-order valence-corrected chi connectivity index (χ2v) is 4.85. The van der Waals surface area contributed by atoms with Crippen LogP contribution in [0.2, 0.25) is 0 Å². The van der Waals surface area contributed by atoms with E-state index in [1.807, 2.05) is 0 Å². The Morgan fingerprint density at radius 1 is 0.950 bits per heavy atom. The van der Waals surface area contributed by atoms with Crippen molar-refractivity contribution in [3.8, 4) is 0 Å². The molecule has 0 aromatic heterocycles. The van der Waals surface area contributed by atoms with Gasteiger partial charge in [-0.15, -0.1) is 0 Å². The normalized spacial score (nSPS) is 14.4. The maximum atomic E-state index is 11.3. The van der Waals surface area contributed by atoms with Crippen LogP contribution in [0.3, 0.4) is 0 Å². The summed E-state index contributed by atoms with van der Waals surface area (Å²) >= 11 is 0. The zero-order valence-corrected chi connectivity index (χ0v) is 11.9. The molecule has 0 bridgehead atoms. The number of carbonyl (C=O) groups excluding carboxylic acids is 2. The molecule has 0 radical (unpaired) electrons. The Bertz CT molecular complexity index is 539. The molecule has 1 N–H and O–H groups in total. The van der Waals surface area contributed by atoms with Crippen LogP contribution in [0.4, 0.5) is 0 Å². The first kappa shape index (κ1) is 14.5. The second-order valence-electron chi connectivity index (χ2n) is 4.85. The number of hydrogen-bond donors (Lipinski definition) is 1. The molecular weight excluding hydrogens is 254 g/mol. The van der Waals surface area contributed by atoms with Crippen LogP contribution in [-0.2, 0) is 33.8 Å². The molecule has 1 aromatic rings. The highest BCUT2D eigenvalue weighted by atomic mass is 16.5. The van der Waals surface area contributed by atoms with E-state index < -0.39 is 0 Å². The number of aryl methyl sites for hydroxylation is 2. The van der Waals surface area contributed by atoms with Crippen molar-refractivity contribution in [3.63, 3.8) is 0 Å². The number of carbonyl (C=O) groups is 2. The van der Waals surface area contributed by atoms with Gasteiger partial charge >= 0.3 is 0 Å². The van der Waals surface area contributed by atoms with Crippen molar-refractivity contribution >= 4 is 11.8 Å². The van der Waals surface area contributed by atoms with Crippen LogP contribution in [-0.4, -0.2) is 18.4 Å². The molecule has 0 atom stereocenters. The largest absolute Gasteiger partial charge is 0.372 e. The summed E-state index contributed by atoms with van der Waals surface area (Å²) in [5.41, 5.74) is 4.07. The van der Waals surface area contributed by atoms with Crippen molar-refractivity contribution in [1.29, 1.82) is 0 Å². The lowest BCUT2D eigenvalue weighted by molar-refractivity contribution is -0.124. The third-order valence-corrected chi connectivity index (χ3v) is 3.29. The van der Waals surface area contributed by atoms with Crippen molar-refractivity contribution in [3.05, 3.63) is 46.5 Å². The Morgan fingerprint density at radius 3 is 2.05 bits per heavy atom. The van der Waals surface area contributed by atoms with Gasteiger partial charge in [0.1, 0.15) is 0 Å². The maximum absolute atomic E-state index is 11.3. The van der Waals surface area contributed by atoms with Gasteiger partial charge in [0.05, 0.1) is 13.2 Å². The van der Waals surface area contributed by atoms with Gasteiger partial charge in [-0.3, -0.25) is 14.9 Å². The van der Waals surface area contributed by atoms with Gasteiger partial charge in [-0.05, 0) is 29.5 Å². The number of hydrogen-bond acceptors (Lipinski definition) is 3. The zero-order valence-electron chi connectivity index (χ0n) is 11.9. The first-order valence-corrected chi connectivity index (χ1v) is 6.87. The van der Waals surface area contributed by atoms with Crippen molar-refractivity contribution in [1.82, 2.24) is 5.32 Å². The van der Waals surface area contributed by atoms with E-state index in [-0.39, 0.29) is 18.4 Å². The fourth-order valence-electron chi connectivity index (χ4n) is 2.17. The summed E-state index contributed by atoms with van der Waals surface area (Å²) in [5.74, 6) is -0.721. The fourth-order valence-corrected chi connectivity index (χ4v) is 2.17. The lowest BCUT2D eigenvalue weighted by atomic mass is 10.0. The van der Waals surface area contributed by atoms with Crippen LogP contribution in [0.15, 0.2) is 29.8 Å². The summed E-state index contributed by atoms with van der Waals surface area (Å²) in [6, 6.07) is 6.44. The average molecular weight is 273 g/mol. The average Bonchev–Trinajstić information content (AvgIpc) is 2.76. The predicted molar refractivity (Wildman–Crippen MR) is 76.1 cm³/mol. The van der Waals surface area contributed by atoms with E-state index in [4.69, 9.17) is 4.74 Å². The molecule has 1 heterocycles. The minimum Gasteiger partial charge on any atom is -0.372 e. The van der Waals surface area contributed by atoms with Gasteiger partial charge in [-0.25, -0.2) is 0 Å². The Balaban J connectivity index is 1.95. The molecule has 0 saturated carbocycles. The second kappa shape index (κ2) is 6.48. The van der Waals surface area contributed by atoms with E-state index >= 15 is 0 Å². The molecule has 0 saturated heterocycles. The SMILES string of the molecule is CCc1cc(CC)cc(COCC2=CC(=O)NC2=O)c1. The quantitative estimate of drug-likeness (QED) is 0.806. The fraction of sp³-hybridized carbons (Fsp3) is 0.375. The molecule has 1 aliphatic heterocycles. The van der Waals surface area contributed by atoms with Crippen LogP contribution < -0.4 is 5.32 Å². The number of amides is 2. The Hall–Kier alpha value is -1.94. The lowest BCUT2D eigenvalue weighted by Gasteiger charge is -2.08. The van der Waals surface area contributed by atoms with Crippen LogP contribution in [0.25, 0.3) is 0 Å². The first-order valence-electron chi connectivity index (χ1n) is 6.87. The smallest absolute Gasteiger partial charge is 0.256 e. The van der Waals surface area contributed by atoms with E-state index in [0.717, 1.165) is 18.4 Å². The topological polar surface area (TPSA) is 55.4 Å². The third-order valence-electron chi connectivity index (χ3n) is 3.29. The van der Waals surface area contributed by atoms with Gasteiger partial charge in [0.25, 0.3) is 11.8 Å². The van der Waals surface area contributed by atoms with Crippen LogP contribution in [0.1, 0.15) is 30.5 Å². The van der Waals surface area contributed by atoms with Gasteiger partial charge < -0.3 is 4.74 Å². The molecule has 4 nitrogen and oxygen atoms in total. The first-order chi connectivity index (χ1) is 9.62. The van der Waals surface area contributed by atoms with Gasteiger partial charge in [0.15, 0.2) is 0 Å². The summed E-state index contributed by atoms with van der Waals surface area (Å²) in [6.45, 7) is 4.85. The molecule has 2 amide bonds. The van der Waals surface area contributed by atoms with E-state index in [1.165, 1.54) is 17.2 Å². The summed E-state index contributed by atoms with van der Waals surface area (Å²) in [4.78, 5) is 22.3. The van der Waals surface area contributed by atoms with E-state index in [9.17, 15) is 9.59 Å². The summed E-state index contributed by atoms with van der Waals surface area (Å²) in [6.07, 6.45) is 3.27. The van der Waals surface area contributed by atoms with Crippen LogP contribution in [0.5, 0.6) is 0 Å². The molecule has 1 aliphatic rings.